The van der Waals surface area contributed by atoms with E-state index in [1.54, 1.807) is 6.07 Å². The van der Waals surface area contributed by atoms with Crippen LogP contribution >= 0.6 is 0 Å². The predicted molar refractivity (Wildman–Crippen MR) is 108 cm³/mol. The van der Waals surface area contributed by atoms with Gasteiger partial charge in [0.05, 0.1) is 5.92 Å². The molecule has 0 N–H and O–H groups in total. The Hall–Kier alpha value is -1.84. The number of fused-ring (bicyclic) bond motifs is 4. The Labute approximate surface area is 168 Å². The fourth-order valence-corrected chi connectivity index (χ4v) is 6.87. The van der Waals surface area contributed by atoms with Crippen LogP contribution in [0, 0.1) is 29.6 Å². The van der Waals surface area contributed by atoms with E-state index < -0.39 is 11.6 Å². The molecule has 1 aromatic rings. The molecule has 0 unspecified atom stereocenters. The van der Waals surface area contributed by atoms with E-state index in [2.05, 4.69) is 27.7 Å². The lowest BCUT2D eigenvalue weighted by molar-refractivity contribution is -0.143. The smallest absolute Gasteiger partial charge is 0.308 e. The topological polar surface area (TPSA) is 52.6 Å². The second-order valence-electron chi connectivity index (χ2n) is 10.4. The van der Waals surface area contributed by atoms with Crippen LogP contribution in [0.3, 0.4) is 0 Å². The molecule has 1 aromatic carbocycles. The average Bonchev–Trinajstić information content (AvgIpc) is 2.51. The number of esters is 1. The average molecular weight is 385 g/mol. The Morgan fingerprint density at radius 2 is 1.86 bits per heavy atom. The first-order valence-electron chi connectivity index (χ1n) is 10.5. The minimum atomic E-state index is -0.510. The molecule has 0 radical (unpaired) electrons. The molecule has 0 bridgehead atoms. The lowest BCUT2D eigenvalue weighted by atomic mass is 9.44. The minimum absolute atomic E-state index is 0.0879. The largest absolute Gasteiger partial charge is 0.486 e. The van der Waals surface area contributed by atoms with Crippen molar-refractivity contribution in [2.75, 3.05) is 0 Å². The third-order valence-electron chi connectivity index (χ3n) is 7.79. The van der Waals surface area contributed by atoms with E-state index >= 15 is 0 Å². The van der Waals surface area contributed by atoms with E-state index in [4.69, 9.17) is 9.47 Å². The van der Waals surface area contributed by atoms with E-state index in [9.17, 15) is 9.59 Å². The van der Waals surface area contributed by atoms with Crippen LogP contribution < -0.4 is 9.47 Å². The van der Waals surface area contributed by atoms with Gasteiger partial charge in [-0.3, -0.25) is 9.59 Å². The van der Waals surface area contributed by atoms with Gasteiger partial charge in [0, 0.05) is 6.92 Å². The second kappa shape index (κ2) is 6.08. The molecule has 1 heterocycles. The summed E-state index contributed by atoms with van der Waals surface area (Å²) >= 11 is 0. The van der Waals surface area contributed by atoms with Gasteiger partial charge in [-0.15, -0.1) is 0 Å². The van der Waals surface area contributed by atoms with Crippen molar-refractivity contribution < 1.29 is 19.1 Å². The zero-order valence-corrected chi connectivity index (χ0v) is 18.0. The summed E-state index contributed by atoms with van der Waals surface area (Å²) in [5, 5.41) is 0. The highest BCUT2D eigenvalue weighted by Gasteiger charge is 2.64. The summed E-state index contributed by atoms with van der Waals surface area (Å²) in [6.45, 7) is 12.4. The molecule has 4 nitrogen and oxygen atoms in total. The number of Topliss-reactive ketones (excluding diaryl/α,β-unsaturated/α-hetero) is 1. The van der Waals surface area contributed by atoms with Crippen LogP contribution in [-0.4, -0.2) is 17.4 Å². The highest BCUT2D eigenvalue weighted by molar-refractivity contribution is 6.05. The van der Waals surface area contributed by atoms with Crippen LogP contribution in [-0.2, 0) is 4.79 Å². The number of hydrogen-bond acceptors (Lipinski definition) is 4. The van der Waals surface area contributed by atoms with Crippen molar-refractivity contribution in [1.29, 1.82) is 0 Å². The molecule has 4 heteroatoms. The summed E-state index contributed by atoms with van der Waals surface area (Å²) < 4.78 is 12.0. The normalized spacial score (nSPS) is 35.9. The maximum absolute atomic E-state index is 14.0. The van der Waals surface area contributed by atoms with E-state index in [1.165, 1.54) is 13.3 Å². The molecule has 2 fully saturated rings. The minimum Gasteiger partial charge on any atom is -0.486 e. The third kappa shape index (κ3) is 2.71. The summed E-state index contributed by atoms with van der Waals surface area (Å²) in [7, 11) is 0. The Balaban J connectivity index is 1.87. The van der Waals surface area contributed by atoms with Crippen molar-refractivity contribution in [2.45, 2.75) is 79.2 Å². The van der Waals surface area contributed by atoms with Gasteiger partial charge < -0.3 is 9.47 Å². The Bertz CT molecular complexity index is 854. The lowest BCUT2D eigenvalue weighted by Crippen LogP contribution is -2.63. The van der Waals surface area contributed by atoms with Gasteiger partial charge in [0.15, 0.2) is 5.78 Å². The number of carbonyl (C=O) groups excluding carboxylic acids is 2. The van der Waals surface area contributed by atoms with Gasteiger partial charge >= 0.3 is 5.97 Å². The summed E-state index contributed by atoms with van der Waals surface area (Å²) in [5.41, 5.74) is 0.976. The monoisotopic (exact) mass is 384 g/mol. The Morgan fingerprint density at radius 3 is 2.54 bits per heavy atom. The van der Waals surface area contributed by atoms with Crippen molar-refractivity contribution in [3.63, 3.8) is 0 Å². The number of rotatable bonds is 1. The van der Waals surface area contributed by atoms with Gasteiger partial charge in [0.1, 0.15) is 22.7 Å². The molecule has 0 aromatic heterocycles. The molecule has 4 atom stereocenters. The number of ketones is 1. The molecule has 152 valence electrons. The maximum atomic E-state index is 14.0. The summed E-state index contributed by atoms with van der Waals surface area (Å²) in [6, 6.07) is 3.68. The fraction of sp³-hybridized carbons (Fsp3) is 0.667. The summed E-state index contributed by atoms with van der Waals surface area (Å²) in [6.07, 6.45) is 5.35. The van der Waals surface area contributed by atoms with Crippen LogP contribution in [0.15, 0.2) is 12.1 Å². The van der Waals surface area contributed by atoms with Gasteiger partial charge in [-0.05, 0) is 74.0 Å². The Morgan fingerprint density at radius 1 is 1.14 bits per heavy atom. The zero-order chi connectivity index (χ0) is 20.5. The first-order chi connectivity index (χ1) is 13.0. The quantitative estimate of drug-likeness (QED) is 0.474. The molecule has 1 aliphatic heterocycles. The standard InChI is InChI=1S/C24H32O4/c1-14-12-16(27-15(2)25)19-17(13-14)28-24(6)11-8-18-22(3,4)9-7-10-23(18,5)21(24)20(19)26/h12-13,18,21H,7-11H2,1-6H3/t18-,21+,23+,24-/m1/s1. The van der Waals surface area contributed by atoms with Gasteiger partial charge in [-0.2, -0.15) is 0 Å². The zero-order valence-electron chi connectivity index (χ0n) is 18.0. The van der Waals surface area contributed by atoms with E-state index in [1.807, 2.05) is 13.0 Å². The first kappa shape index (κ1) is 19.5. The van der Waals surface area contributed by atoms with E-state index in [0.717, 1.165) is 31.2 Å². The van der Waals surface area contributed by atoms with Crippen molar-refractivity contribution in [1.82, 2.24) is 0 Å². The summed E-state index contributed by atoms with van der Waals surface area (Å²) in [5.74, 6) is 0.851. The predicted octanol–water partition coefficient (Wildman–Crippen LogP) is 5.50. The number of benzene rings is 1. The molecule has 0 saturated heterocycles. The van der Waals surface area contributed by atoms with Crippen LogP contribution in [0.4, 0.5) is 0 Å². The molecule has 0 amide bonds. The van der Waals surface area contributed by atoms with Crippen LogP contribution in [0.25, 0.3) is 0 Å². The SMILES string of the molecule is CC(=O)Oc1cc(C)cc2c1C(=O)[C@H]1[C@@]3(C)CCCC(C)(C)[C@H]3CC[C@@]1(C)O2. The molecule has 28 heavy (non-hydrogen) atoms. The van der Waals surface area contributed by atoms with Crippen LogP contribution in [0.2, 0.25) is 0 Å². The van der Waals surface area contributed by atoms with Gasteiger partial charge in [-0.1, -0.05) is 27.2 Å². The first-order valence-corrected chi connectivity index (χ1v) is 10.5. The highest BCUT2D eigenvalue weighted by atomic mass is 16.5. The third-order valence-corrected chi connectivity index (χ3v) is 7.79. The van der Waals surface area contributed by atoms with E-state index in [0.29, 0.717) is 23.0 Å². The Kier molecular flexibility index (Phi) is 4.23. The molecule has 0 spiro atoms. The number of aryl methyl sites for hydroxylation is 1. The van der Waals surface area contributed by atoms with Gasteiger partial charge in [0.2, 0.25) is 0 Å². The molecule has 2 aliphatic carbocycles. The van der Waals surface area contributed by atoms with Crippen molar-refractivity contribution in [2.24, 2.45) is 22.7 Å². The molecular weight excluding hydrogens is 352 g/mol. The number of ether oxygens (including phenoxy) is 2. The van der Waals surface area contributed by atoms with Gasteiger partial charge in [0.25, 0.3) is 0 Å². The van der Waals surface area contributed by atoms with Crippen molar-refractivity contribution in [3.8, 4) is 11.5 Å². The number of carbonyl (C=O) groups is 2. The summed E-state index contributed by atoms with van der Waals surface area (Å²) in [4.78, 5) is 25.6. The van der Waals surface area contributed by atoms with Crippen LogP contribution in [0.5, 0.6) is 11.5 Å². The highest BCUT2D eigenvalue weighted by Crippen LogP contribution is 2.64. The lowest BCUT2D eigenvalue weighted by Gasteiger charge is -2.62. The second-order valence-corrected chi connectivity index (χ2v) is 10.4. The van der Waals surface area contributed by atoms with E-state index in [-0.39, 0.29) is 22.5 Å². The maximum Gasteiger partial charge on any atom is 0.308 e. The molecule has 4 rings (SSSR count). The molecule has 2 saturated carbocycles. The van der Waals surface area contributed by atoms with Gasteiger partial charge in [-0.25, -0.2) is 0 Å². The van der Waals surface area contributed by atoms with Crippen LogP contribution in [0.1, 0.15) is 82.6 Å². The molecule has 3 aliphatic rings. The van der Waals surface area contributed by atoms with Crippen molar-refractivity contribution in [3.05, 3.63) is 23.3 Å². The number of hydrogen-bond donors (Lipinski definition) is 0. The molecular formula is C24H32O4. The fourth-order valence-electron chi connectivity index (χ4n) is 6.87. The van der Waals surface area contributed by atoms with Crippen molar-refractivity contribution >= 4 is 11.8 Å².